The third-order valence-corrected chi connectivity index (χ3v) is 5.04. The fourth-order valence-corrected chi connectivity index (χ4v) is 3.39. The minimum atomic E-state index is 0.0532. The van der Waals surface area contributed by atoms with Gasteiger partial charge in [-0.1, -0.05) is 30.3 Å². The normalized spacial score (nSPS) is 15.2. The highest BCUT2D eigenvalue weighted by atomic mass is 16.5. The van der Waals surface area contributed by atoms with Crippen LogP contribution in [0.2, 0.25) is 0 Å². The van der Waals surface area contributed by atoms with E-state index in [2.05, 4.69) is 20.5 Å². The van der Waals surface area contributed by atoms with Gasteiger partial charge in [-0.3, -0.25) is 9.69 Å². The Kier molecular flexibility index (Phi) is 5.34. The highest BCUT2D eigenvalue weighted by Gasteiger charge is 2.21. The van der Waals surface area contributed by atoms with Crippen LogP contribution in [0.15, 0.2) is 61.2 Å². The Morgan fingerprint density at radius 1 is 1.00 bits per heavy atom. The molecular formula is C21H24N4O2. The summed E-state index contributed by atoms with van der Waals surface area (Å²) in [5.41, 5.74) is 0. The van der Waals surface area contributed by atoms with Crippen molar-refractivity contribution in [2.75, 3.05) is 39.3 Å². The first-order valence-corrected chi connectivity index (χ1v) is 9.35. The molecule has 1 amide bonds. The van der Waals surface area contributed by atoms with E-state index in [-0.39, 0.29) is 12.5 Å². The van der Waals surface area contributed by atoms with Crippen LogP contribution in [0, 0.1) is 0 Å². The molecule has 0 bridgehead atoms. The van der Waals surface area contributed by atoms with Crippen LogP contribution in [0.4, 0.5) is 0 Å². The molecule has 4 rings (SSSR count). The Balaban J connectivity index is 1.23. The number of aromatic nitrogens is 2. The van der Waals surface area contributed by atoms with Crippen molar-refractivity contribution in [2.45, 2.75) is 6.54 Å². The predicted octanol–water partition coefficient (Wildman–Crippen LogP) is 2.26. The standard InChI is InChI=1S/C21H24N4O2/c26-21(16-27-20-6-5-18-3-1-2-4-19(18)15-20)25-13-11-23(12-14-25)9-10-24-8-7-22-17-24/h1-8,15,17H,9-14,16H2. The van der Waals surface area contributed by atoms with Crippen LogP contribution in [0.5, 0.6) is 5.75 Å². The maximum Gasteiger partial charge on any atom is 0.260 e. The van der Waals surface area contributed by atoms with Crippen LogP contribution < -0.4 is 4.74 Å². The number of imidazole rings is 1. The quantitative estimate of drug-likeness (QED) is 0.673. The zero-order valence-electron chi connectivity index (χ0n) is 15.3. The first-order chi connectivity index (χ1) is 13.3. The summed E-state index contributed by atoms with van der Waals surface area (Å²) >= 11 is 0. The molecule has 27 heavy (non-hydrogen) atoms. The van der Waals surface area contributed by atoms with Gasteiger partial charge in [0.15, 0.2) is 6.61 Å². The Labute approximate surface area is 159 Å². The molecule has 0 saturated carbocycles. The maximum atomic E-state index is 12.5. The smallest absolute Gasteiger partial charge is 0.260 e. The zero-order chi connectivity index (χ0) is 18.5. The molecule has 1 aliphatic heterocycles. The van der Waals surface area contributed by atoms with Crippen molar-refractivity contribution in [3.8, 4) is 5.75 Å². The van der Waals surface area contributed by atoms with Gasteiger partial charge in [-0.2, -0.15) is 0 Å². The second-order valence-corrected chi connectivity index (χ2v) is 6.82. The first-order valence-electron chi connectivity index (χ1n) is 9.35. The lowest BCUT2D eigenvalue weighted by molar-refractivity contribution is -0.135. The molecule has 0 N–H and O–H groups in total. The van der Waals surface area contributed by atoms with E-state index in [0.29, 0.717) is 0 Å². The number of amides is 1. The van der Waals surface area contributed by atoms with Gasteiger partial charge in [0.1, 0.15) is 5.75 Å². The SMILES string of the molecule is O=C(COc1ccc2ccccc2c1)N1CCN(CCn2ccnc2)CC1. The molecule has 0 aliphatic carbocycles. The first kappa shape index (κ1) is 17.5. The van der Waals surface area contributed by atoms with E-state index in [1.54, 1.807) is 6.20 Å². The second kappa shape index (κ2) is 8.22. The van der Waals surface area contributed by atoms with Gasteiger partial charge in [0.05, 0.1) is 6.33 Å². The summed E-state index contributed by atoms with van der Waals surface area (Å²) in [7, 11) is 0. The van der Waals surface area contributed by atoms with Crippen molar-refractivity contribution >= 4 is 16.7 Å². The van der Waals surface area contributed by atoms with E-state index in [1.807, 2.05) is 53.8 Å². The molecule has 140 valence electrons. The van der Waals surface area contributed by atoms with Crippen molar-refractivity contribution in [2.24, 2.45) is 0 Å². The zero-order valence-corrected chi connectivity index (χ0v) is 15.3. The summed E-state index contributed by atoms with van der Waals surface area (Å²) < 4.78 is 7.82. The van der Waals surface area contributed by atoms with E-state index >= 15 is 0 Å². The summed E-state index contributed by atoms with van der Waals surface area (Å²) in [5, 5.41) is 2.29. The molecule has 0 atom stereocenters. The van der Waals surface area contributed by atoms with E-state index in [1.165, 1.54) is 5.39 Å². The van der Waals surface area contributed by atoms with Crippen molar-refractivity contribution in [1.82, 2.24) is 19.4 Å². The van der Waals surface area contributed by atoms with Gasteiger partial charge in [0.2, 0.25) is 0 Å². The number of carbonyl (C=O) groups excluding carboxylic acids is 1. The Bertz CT molecular complexity index is 886. The molecule has 6 heteroatoms. The maximum absolute atomic E-state index is 12.5. The number of rotatable bonds is 6. The molecule has 2 heterocycles. The highest BCUT2D eigenvalue weighted by molar-refractivity contribution is 5.84. The number of benzene rings is 2. The molecule has 1 saturated heterocycles. The summed E-state index contributed by atoms with van der Waals surface area (Å²) in [6, 6.07) is 14.1. The summed E-state index contributed by atoms with van der Waals surface area (Å²) in [6.45, 7) is 5.30. The number of hydrogen-bond donors (Lipinski definition) is 0. The number of carbonyl (C=O) groups is 1. The van der Waals surface area contributed by atoms with Crippen molar-refractivity contribution < 1.29 is 9.53 Å². The van der Waals surface area contributed by atoms with Gasteiger partial charge in [0.25, 0.3) is 5.91 Å². The Hall–Kier alpha value is -2.86. The molecule has 6 nitrogen and oxygen atoms in total. The van der Waals surface area contributed by atoms with Crippen LogP contribution in [0.25, 0.3) is 10.8 Å². The Morgan fingerprint density at radius 3 is 2.59 bits per heavy atom. The highest BCUT2D eigenvalue weighted by Crippen LogP contribution is 2.20. The van der Waals surface area contributed by atoms with Gasteiger partial charge in [-0.05, 0) is 22.9 Å². The largest absolute Gasteiger partial charge is 0.484 e. The van der Waals surface area contributed by atoms with Crippen LogP contribution in [0.3, 0.4) is 0 Å². The number of ether oxygens (including phenoxy) is 1. The van der Waals surface area contributed by atoms with Crippen molar-refractivity contribution in [3.05, 3.63) is 61.2 Å². The Morgan fingerprint density at radius 2 is 1.81 bits per heavy atom. The minimum absolute atomic E-state index is 0.0532. The van der Waals surface area contributed by atoms with Crippen LogP contribution in [-0.2, 0) is 11.3 Å². The van der Waals surface area contributed by atoms with Crippen LogP contribution in [0.1, 0.15) is 0 Å². The van der Waals surface area contributed by atoms with E-state index < -0.39 is 0 Å². The van der Waals surface area contributed by atoms with Gasteiger partial charge in [-0.25, -0.2) is 4.98 Å². The lowest BCUT2D eigenvalue weighted by Gasteiger charge is -2.34. The van der Waals surface area contributed by atoms with E-state index in [9.17, 15) is 4.79 Å². The minimum Gasteiger partial charge on any atom is -0.484 e. The van der Waals surface area contributed by atoms with Gasteiger partial charge >= 0.3 is 0 Å². The lowest BCUT2D eigenvalue weighted by atomic mass is 10.1. The molecule has 0 unspecified atom stereocenters. The number of fused-ring (bicyclic) bond motifs is 1. The number of piperazine rings is 1. The monoisotopic (exact) mass is 364 g/mol. The van der Waals surface area contributed by atoms with Crippen molar-refractivity contribution in [3.63, 3.8) is 0 Å². The molecular weight excluding hydrogens is 340 g/mol. The third kappa shape index (κ3) is 4.46. The van der Waals surface area contributed by atoms with Crippen LogP contribution in [-0.4, -0.2) is 64.6 Å². The average Bonchev–Trinajstić information content (AvgIpc) is 3.24. The fourth-order valence-electron chi connectivity index (χ4n) is 3.39. The van der Waals surface area contributed by atoms with Crippen LogP contribution >= 0.6 is 0 Å². The fraction of sp³-hybridized carbons (Fsp3) is 0.333. The van der Waals surface area contributed by atoms with Gasteiger partial charge in [0, 0.05) is 51.7 Å². The second-order valence-electron chi connectivity index (χ2n) is 6.82. The third-order valence-electron chi connectivity index (χ3n) is 5.04. The lowest BCUT2D eigenvalue weighted by Crippen LogP contribution is -2.50. The molecule has 2 aromatic carbocycles. The molecule has 1 aromatic heterocycles. The molecule has 0 radical (unpaired) electrons. The van der Waals surface area contributed by atoms with Crippen molar-refractivity contribution in [1.29, 1.82) is 0 Å². The summed E-state index contributed by atoms with van der Waals surface area (Å²) in [5.74, 6) is 0.790. The van der Waals surface area contributed by atoms with Gasteiger partial charge < -0.3 is 14.2 Å². The average molecular weight is 364 g/mol. The summed E-state index contributed by atoms with van der Waals surface area (Å²) in [4.78, 5) is 20.8. The summed E-state index contributed by atoms with van der Waals surface area (Å²) in [6.07, 6.45) is 5.61. The number of nitrogens with zero attached hydrogens (tertiary/aromatic N) is 4. The topological polar surface area (TPSA) is 50.6 Å². The van der Waals surface area contributed by atoms with Gasteiger partial charge in [-0.15, -0.1) is 0 Å². The van der Waals surface area contributed by atoms with E-state index in [0.717, 1.165) is 50.4 Å². The molecule has 1 fully saturated rings. The molecule has 0 spiro atoms. The molecule has 3 aromatic rings. The van der Waals surface area contributed by atoms with E-state index in [4.69, 9.17) is 4.74 Å². The number of hydrogen-bond acceptors (Lipinski definition) is 4. The predicted molar refractivity (Wildman–Crippen MR) is 105 cm³/mol. The molecule has 1 aliphatic rings.